The quantitative estimate of drug-likeness (QED) is 0.880. The van der Waals surface area contributed by atoms with Crippen molar-refractivity contribution in [3.05, 3.63) is 35.4 Å². The van der Waals surface area contributed by atoms with Crippen molar-refractivity contribution >= 4 is 12.0 Å². The van der Waals surface area contributed by atoms with E-state index in [1.165, 1.54) is 4.90 Å². The lowest BCUT2D eigenvalue weighted by atomic mass is 9.94. The van der Waals surface area contributed by atoms with Crippen LogP contribution in [0.5, 0.6) is 0 Å². The second-order valence-electron chi connectivity index (χ2n) is 5.58. The van der Waals surface area contributed by atoms with Crippen LogP contribution in [0.1, 0.15) is 24.0 Å². The van der Waals surface area contributed by atoms with Crippen LogP contribution in [0.3, 0.4) is 0 Å². The molecule has 20 heavy (non-hydrogen) atoms. The first-order valence-corrected chi connectivity index (χ1v) is 6.99. The Morgan fingerprint density at radius 1 is 1.25 bits per heavy atom. The van der Waals surface area contributed by atoms with E-state index in [1.54, 1.807) is 0 Å². The molecular weight excluding hydrogens is 256 g/mol. The van der Waals surface area contributed by atoms with E-state index >= 15 is 0 Å². The molecule has 1 saturated carbocycles. The van der Waals surface area contributed by atoms with E-state index in [0.29, 0.717) is 25.4 Å². The number of hydrogen-bond donors (Lipinski definition) is 2. The third-order valence-corrected chi connectivity index (χ3v) is 4.03. The molecule has 1 aromatic rings. The number of urea groups is 1. The Hall–Kier alpha value is -2.04. The summed E-state index contributed by atoms with van der Waals surface area (Å²) < 4.78 is 0. The van der Waals surface area contributed by atoms with Crippen LogP contribution in [0, 0.1) is 5.92 Å². The summed E-state index contributed by atoms with van der Waals surface area (Å²) in [7, 11) is 0. The number of nitrogens with zero attached hydrogens (tertiary/aromatic N) is 1. The lowest BCUT2D eigenvalue weighted by Gasteiger charge is -2.34. The largest absolute Gasteiger partial charge is 0.480 e. The predicted molar refractivity (Wildman–Crippen MR) is 73.2 cm³/mol. The first-order chi connectivity index (χ1) is 9.65. The third-order valence-electron chi connectivity index (χ3n) is 4.03. The Kier molecular flexibility index (Phi) is 3.34. The van der Waals surface area contributed by atoms with Crippen LogP contribution in [-0.4, -0.2) is 34.6 Å². The zero-order valence-corrected chi connectivity index (χ0v) is 11.2. The van der Waals surface area contributed by atoms with Gasteiger partial charge in [-0.25, -0.2) is 9.59 Å². The number of carboxylic acid groups (broad SMARTS) is 1. The minimum atomic E-state index is -0.943. The average molecular weight is 274 g/mol. The molecule has 0 bridgehead atoms. The molecule has 1 aliphatic carbocycles. The van der Waals surface area contributed by atoms with E-state index in [9.17, 15) is 14.7 Å². The summed E-state index contributed by atoms with van der Waals surface area (Å²) in [5, 5.41) is 12.2. The van der Waals surface area contributed by atoms with Crippen molar-refractivity contribution in [2.45, 2.75) is 31.8 Å². The van der Waals surface area contributed by atoms with Gasteiger partial charge in [0, 0.05) is 19.5 Å². The Labute approximate surface area is 117 Å². The summed E-state index contributed by atoms with van der Waals surface area (Å²) in [6, 6.07) is 6.67. The number of rotatable bonds is 3. The first kappa shape index (κ1) is 13.0. The number of carbonyl (C=O) groups excluding carboxylic acids is 1. The predicted octanol–water partition coefficient (Wildman–Crippen LogP) is 1.62. The maximum Gasteiger partial charge on any atom is 0.326 e. The fourth-order valence-electron chi connectivity index (χ4n) is 2.61. The van der Waals surface area contributed by atoms with Gasteiger partial charge in [0.1, 0.15) is 6.04 Å². The normalized spacial score (nSPS) is 21.2. The molecule has 2 N–H and O–H groups in total. The molecule has 1 atom stereocenters. The molecule has 0 saturated heterocycles. The minimum absolute atomic E-state index is 0.265. The summed E-state index contributed by atoms with van der Waals surface area (Å²) >= 11 is 0. The van der Waals surface area contributed by atoms with Crippen molar-refractivity contribution in [2.24, 2.45) is 5.92 Å². The Bertz CT molecular complexity index is 540. The minimum Gasteiger partial charge on any atom is -0.480 e. The molecule has 1 fully saturated rings. The third kappa shape index (κ3) is 2.61. The summed E-state index contributed by atoms with van der Waals surface area (Å²) in [4.78, 5) is 25.1. The molecule has 5 heteroatoms. The smallest absolute Gasteiger partial charge is 0.326 e. The van der Waals surface area contributed by atoms with Gasteiger partial charge in [-0.05, 0) is 29.9 Å². The van der Waals surface area contributed by atoms with E-state index in [4.69, 9.17) is 0 Å². The van der Waals surface area contributed by atoms with Gasteiger partial charge < -0.3 is 15.3 Å². The molecular formula is C15H18N2O3. The lowest BCUT2D eigenvalue weighted by molar-refractivity contribution is -0.142. The molecule has 0 aromatic heterocycles. The number of nitrogens with one attached hydrogen (secondary N) is 1. The molecule has 3 rings (SSSR count). The number of benzene rings is 1. The number of carbonyl (C=O) groups is 2. The van der Waals surface area contributed by atoms with Crippen molar-refractivity contribution in [3.8, 4) is 0 Å². The molecule has 0 radical (unpaired) electrons. The number of amides is 2. The van der Waals surface area contributed by atoms with Crippen LogP contribution in [0.15, 0.2) is 24.3 Å². The monoisotopic (exact) mass is 274 g/mol. The van der Waals surface area contributed by atoms with Crippen LogP contribution >= 0.6 is 0 Å². The van der Waals surface area contributed by atoms with Crippen LogP contribution in [0.25, 0.3) is 0 Å². The van der Waals surface area contributed by atoms with Crippen molar-refractivity contribution in [3.63, 3.8) is 0 Å². The maximum atomic E-state index is 12.2. The second-order valence-corrected chi connectivity index (χ2v) is 5.58. The highest BCUT2D eigenvalue weighted by Crippen LogP contribution is 2.28. The lowest BCUT2D eigenvalue weighted by Crippen LogP contribution is -2.52. The second kappa shape index (κ2) is 5.15. The van der Waals surface area contributed by atoms with E-state index in [1.807, 2.05) is 24.3 Å². The zero-order chi connectivity index (χ0) is 14.1. The van der Waals surface area contributed by atoms with Crippen LogP contribution in [-0.2, 0) is 17.8 Å². The van der Waals surface area contributed by atoms with Crippen LogP contribution in [0.2, 0.25) is 0 Å². The molecule has 1 heterocycles. The fraction of sp³-hybridized carbons (Fsp3) is 0.467. The summed E-state index contributed by atoms with van der Waals surface area (Å²) in [6.45, 7) is 1.02. The Morgan fingerprint density at radius 2 is 1.95 bits per heavy atom. The number of hydrogen-bond acceptors (Lipinski definition) is 2. The summed E-state index contributed by atoms with van der Waals surface area (Å²) in [6.07, 6.45) is 2.69. The summed E-state index contributed by atoms with van der Waals surface area (Å²) in [5.74, 6) is -0.361. The first-order valence-electron chi connectivity index (χ1n) is 6.99. The van der Waals surface area contributed by atoms with Gasteiger partial charge in [-0.2, -0.15) is 0 Å². The summed E-state index contributed by atoms with van der Waals surface area (Å²) in [5.41, 5.74) is 2.05. The molecule has 1 unspecified atom stereocenters. The van der Waals surface area contributed by atoms with Gasteiger partial charge in [-0.1, -0.05) is 24.3 Å². The highest BCUT2D eigenvalue weighted by molar-refractivity contribution is 5.83. The maximum absolute atomic E-state index is 12.2. The van der Waals surface area contributed by atoms with Gasteiger partial charge in [-0.3, -0.25) is 0 Å². The van der Waals surface area contributed by atoms with E-state index in [-0.39, 0.29) is 6.03 Å². The van der Waals surface area contributed by atoms with Crippen molar-refractivity contribution < 1.29 is 14.7 Å². The molecule has 1 aromatic carbocycles. The van der Waals surface area contributed by atoms with Crippen molar-refractivity contribution in [1.82, 2.24) is 10.2 Å². The molecule has 2 aliphatic rings. The Morgan fingerprint density at radius 3 is 2.60 bits per heavy atom. The van der Waals surface area contributed by atoms with Crippen LogP contribution in [0.4, 0.5) is 4.79 Å². The molecule has 0 spiro atoms. The highest BCUT2D eigenvalue weighted by atomic mass is 16.4. The average Bonchev–Trinajstić information content (AvgIpc) is 3.27. The standard InChI is InChI=1S/C15H18N2O3/c18-14(19)13-7-11-3-1-2-4-12(11)9-17(13)15(20)16-8-10-5-6-10/h1-4,10,13H,5-9H2,(H,16,20)(H,18,19). The number of carboxylic acids is 1. The highest BCUT2D eigenvalue weighted by Gasteiger charge is 2.35. The molecule has 2 amide bonds. The Balaban J connectivity index is 1.76. The van der Waals surface area contributed by atoms with Gasteiger partial charge in [0.05, 0.1) is 0 Å². The van der Waals surface area contributed by atoms with Crippen molar-refractivity contribution in [2.75, 3.05) is 6.54 Å². The van der Waals surface area contributed by atoms with Gasteiger partial charge in [-0.15, -0.1) is 0 Å². The number of aliphatic carboxylic acids is 1. The SMILES string of the molecule is O=C(O)C1Cc2ccccc2CN1C(=O)NCC1CC1. The van der Waals surface area contributed by atoms with Crippen molar-refractivity contribution in [1.29, 1.82) is 0 Å². The van der Waals surface area contributed by atoms with Gasteiger partial charge >= 0.3 is 12.0 Å². The molecule has 1 aliphatic heterocycles. The molecule has 5 nitrogen and oxygen atoms in total. The molecule has 106 valence electrons. The van der Waals surface area contributed by atoms with Crippen LogP contribution < -0.4 is 5.32 Å². The fourth-order valence-corrected chi connectivity index (χ4v) is 2.61. The van der Waals surface area contributed by atoms with Gasteiger partial charge in [0.25, 0.3) is 0 Å². The van der Waals surface area contributed by atoms with E-state index < -0.39 is 12.0 Å². The van der Waals surface area contributed by atoms with E-state index in [2.05, 4.69) is 5.32 Å². The topological polar surface area (TPSA) is 69.6 Å². The number of fused-ring (bicyclic) bond motifs is 1. The zero-order valence-electron chi connectivity index (χ0n) is 11.2. The van der Waals surface area contributed by atoms with Gasteiger partial charge in [0.15, 0.2) is 0 Å². The van der Waals surface area contributed by atoms with Gasteiger partial charge in [0.2, 0.25) is 0 Å². The van der Waals surface area contributed by atoms with E-state index in [0.717, 1.165) is 24.0 Å².